The summed E-state index contributed by atoms with van der Waals surface area (Å²) in [5.74, 6) is 3.26. The highest BCUT2D eigenvalue weighted by Crippen LogP contribution is 2.11. The summed E-state index contributed by atoms with van der Waals surface area (Å²) in [6.45, 7) is 3.45. The van der Waals surface area contributed by atoms with Gasteiger partial charge in [0.2, 0.25) is 5.88 Å². The Bertz CT molecular complexity index is 313. The van der Waals surface area contributed by atoms with Gasteiger partial charge in [0.25, 0.3) is 0 Å². The zero-order chi connectivity index (χ0) is 10.9. The number of ether oxygens (including phenoxy) is 1. The van der Waals surface area contributed by atoms with Gasteiger partial charge in [0, 0.05) is 19.0 Å². The van der Waals surface area contributed by atoms with E-state index in [-0.39, 0.29) is 0 Å². The Labute approximate surface area is 90.9 Å². The number of nitrogens with zero attached hydrogens (tertiary/aromatic N) is 1. The van der Waals surface area contributed by atoms with Crippen LogP contribution in [0.15, 0.2) is 18.3 Å². The molecule has 0 aromatic carbocycles. The van der Waals surface area contributed by atoms with E-state index in [1.807, 2.05) is 19.1 Å². The number of hydrogen-bond donors (Lipinski definition) is 1. The average Bonchev–Trinajstić information content (AvgIpc) is 2.27. The summed E-state index contributed by atoms with van der Waals surface area (Å²) in [7, 11) is 0. The molecule has 0 saturated heterocycles. The van der Waals surface area contributed by atoms with Gasteiger partial charge in [-0.1, -0.05) is 0 Å². The molecule has 0 bridgehead atoms. The molecular weight excluding hydrogens is 188 g/mol. The normalized spacial score (nSPS) is 9.33. The molecule has 80 valence electrons. The van der Waals surface area contributed by atoms with E-state index in [0.717, 1.165) is 25.1 Å². The predicted octanol–water partition coefficient (Wildman–Crippen LogP) is 2.31. The van der Waals surface area contributed by atoms with Crippen molar-refractivity contribution in [3.05, 3.63) is 18.3 Å². The SMILES string of the molecule is C#CCCCNc1ccc(OCC)nc1. The van der Waals surface area contributed by atoms with E-state index >= 15 is 0 Å². The van der Waals surface area contributed by atoms with Crippen LogP contribution in [-0.4, -0.2) is 18.1 Å². The minimum atomic E-state index is 0.641. The molecule has 1 rings (SSSR count). The lowest BCUT2D eigenvalue weighted by atomic mass is 10.3. The maximum Gasteiger partial charge on any atom is 0.213 e. The van der Waals surface area contributed by atoms with E-state index in [0.29, 0.717) is 12.5 Å². The maximum atomic E-state index is 5.24. The largest absolute Gasteiger partial charge is 0.478 e. The van der Waals surface area contributed by atoms with Crippen molar-refractivity contribution in [1.29, 1.82) is 0 Å². The number of hydrogen-bond acceptors (Lipinski definition) is 3. The highest BCUT2D eigenvalue weighted by molar-refractivity contribution is 5.41. The van der Waals surface area contributed by atoms with E-state index in [1.165, 1.54) is 0 Å². The van der Waals surface area contributed by atoms with E-state index < -0.39 is 0 Å². The van der Waals surface area contributed by atoms with Gasteiger partial charge in [-0.25, -0.2) is 4.98 Å². The van der Waals surface area contributed by atoms with Gasteiger partial charge in [0.05, 0.1) is 18.5 Å². The quantitative estimate of drug-likeness (QED) is 0.570. The van der Waals surface area contributed by atoms with Gasteiger partial charge < -0.3 is 10.1 Å². The third-order valence-electron chi connectivity index (χ3n) is 1.86. The lowest BCUT2D eigenvalue weighted by Crippen LogP contribution is -2.01. The smallest absolute Gasteiger partial charge is 0.213 e. The zero-order valence-corrected chi connectivity index (χ0v) is 8.99. The Morgan fingerprint density at radius 3 is 3.00 bits per heavy atom. The van der Waals surface area contributed by atoms with Crippen LogP contribution in [0.4, 0.5) is 5.69 Å². The van der Waals surface area contributed by atoms with Crippen molar-refractivity contribution in [3.8, 4) is 18.2 Å². The van der Waals surface area contributed by atoms with Crippen molar-refractivity contribution < 1.29 is 4.74 Å². The van der Waals surface area contributed by atoms with Crippen LogP contribution in [0.25, 0.3) is 0 Å². The van der Waals surface area contributed by atoms with Crippen molar-refractivity contribution in [2.45, 2.75) is 19.8 Å². The molecular formula is C12H16N2O. The van der Waals surface area contributed by atoms with Gasteiger partial charge in [0.1, 0.15) is 0 Å². The standard InChI is InChI=1S/C12H16N2O/c1-3-5-6-9-13-11-7-8-12(14-10-11)15-4-2/h1,7-8,10,13H,4-6,9H2,2H3. The van der Waals surface area contributed by atoms with Crippen LogP contribution < -0.4 is 10.1 Å². The summed E-state index contributed by atoms with van der Waals surface area (Å²) < 4.78 is 5.24. The molecule has 15 heavy (non-hydrogen) atoms. The highest BCUT2D eigenvalue weighted by atomic mass is 16.5. The first kappa shape index (κ1) is 11.4. The Kier molecular flexibility index (Phi) is 5.10. The first-order valence-electron chi connectivity index (χ1n) is 5.13. The number of nitrogens with one attached hydrogen (secondary N) is 1. The zero-order valence-electron chi connectivity index (χ0n) is 8.99. The molecule has 1 heterocycles. The van der Waals surface area contributed by atoms with Crippen molar-refractivity contribution in [1.82, 2.24) is 4.98 Å². The Morgan fingerprint density at radius 2 is 2.40 bits per heavy atom. The maximum absolute atomic E-state index is 5.24. The third kappa shape index (κ3) is 4.37. The summed E-state index contributed by atoms with van der Waals surface area (Å²) in [4.78, 5) is 4.14. The molecule has 0 amide bonds. The monoisotopic (exact) mass is 204 g/mol. The molecule has 0 saturated carbocycles. The van der Waals surface area contributed by atoms with Gasteiger partial charge >= 0.3 is 0 Å². The van der Waals surface area contributed by atoms with Crippen molar-refractivity contribution in [2.75, 3.05) is 18.5 Å². The molecule has 3 nitrogen and oxygen atoms in total. The second-order valence-electron chi connectivity index (χ2n) is 3.05. The lowest BCUT2D eigenvalue weighted by molar-refractivity contribution is 0.327. The molecule has 0 fully saturated rings. The van der Waals surface area contributed by atoms with Crippen LogP contribution in [-0.2, 0) is 0 Å². The molecule has 0 aliphatic rings. The van der Waals surface area contributed by atoms with E-state index in [4.69, 9.17) is 11.2 Å². The fraction of sp³-hybridized carbons (Fsp3) is 0.417. The van der Waals surface area contributed by atoms with Gasteiger partial charge in [-0.2, -0.15) is 0 Å². The molecule has 0 aliphatic heterocycles. The Balaban J connectivity index is 2.33. The third-order valence-corrected chi connectivity index (χ3v) is 1.86. The predicted molar refractivity (Wildman–Crippen MR) is 62.0 cm³/mol. The highest BCUT2D eigenvalue weighted by Gasteiger charge is 1.94. The van der Waals surface area contributed by atoms with Gasteiger partial charge in [-0.3, -0.25) is 0 Å². The van der Waals surface area contributed by atoms with Crippen molar-refractivity contribution in [2.24, 2.45) is 0 Å². The van der Waals surface area contributed by atoms with Crippen molar-refractivity contribution >= 4 is 5.69 Å². The number of rotatable bonds is 6. The molecule has 3 heteroatoms. The van der Waals surface area contributed by atoms with Crippen LogP contribution in [0.3, 0.4) is 0 Å². The molecule has 1 aromatic heterocycles. The summed E-state index contributed by atoms with van der Waals surface area (Å²) in [5, 5.41) is 3.24. The molecule has 0 radical (unpaired) electrons. The molecule has 0 unspecified atom stereocenters. The Hall–Kier alpha value is -1.69. The van der Waals surface area contributed by atoms with Crippen LogP contribution in [0.1, 0.15) is 19.8 Å². The molecule has 0 aliphatic carbocycles. The minimum Gasteiger partial charge on any atom is -0.478 e. The average molecular weight is 204 g/mol. The first-order valence-corrected chi connectivity index (χ1v) is 5.13. The molecule has 0 spiro atoms. The topological polar surface area (TPSA) is 34.1 Å². The lowest BCUT2D eigenvalue weighted by Gasteiger charge is -2.05. The molecule has 1 N–H and O–H groups in total. The molecule has 1 aromatic rings. The second kappa shape index (κ2) is 6.72. The second-order valence-corrected chi connectivity index (χ2v) is 3.05. The van der Waals surface area contributed by atoms with E-state index in [9.17, 15) is 0 Å². The summed E-state index contributed by atoms with van der Waals surface area (Å²) in [6, 6.07) is 3.81. The van der Waals surface area contributed by atoms with Gasteiger partial charge in [-0.05, 0) is 19.4 Å². The first-order chi connectivity index (χ1) is 7.36. The number of unbranched alkanes of at least 4 members (excludes halogenated alkanes) is 1. The van der Waals surface area contributed by atoms with Crippen LogP contribution >= 0.6 is 0 Å². The number of pyridine rings is 1. The minimum absolute atomic E-state index is 0.641. The summed E-state index contributed by atoms with van der Waals surface area (Å²) in [6.07, 6.45) is 8.70. The van der Waals surface area contributed by atoms with Crippen LogP contribution in [0, 0.1) is 12.3 Å². The fourth-order valence-electron chi connectivity index (χ4n) is 1.14. The summed E-state index contributed by atoms with van der Waals surface area (Å²) >= 11 is 0. The number of terminal acetylenes is 1. The van der Waals surface area contributed by atoms with Gasteiger partial charge in [0.15, 0.2) is 0 Å². The van der Waals surface area contributed by atoms with E-state index in [1.54, 1.807) is 6.20 Å². The number of aromatic nitrogens is 1. The van der Waals surface area contributed by atoms with Crippen LogP contribution in [0.5, 0.6) is 5.88 Å². The molecule has 0 atom stereocenters. The van der Waals surface area contributed by atoms with Crippen molar-refractivity contribution in [3.63, 3.8) is 0 Å². The van der Waals surface area contributed by atoms with Gasteiger partial charge in [-0.15, -0.1) is 12.3 Å². The Morgan fingerprint density at radius 1 is 1.53 bits per heavy atom. The van der Waals surface area contributed by atoms with E-state index in [2.05, 4.69) is 16.2 Å². The number of anilines is 1. The summed E-state index contributed by atoms with van der Waals surface area (Å²) in [5.41, 5.74) is 0.996. The van der Waals surface area contributed by atoms with Crippen LogP contribution in [0.2, 0.25) is 0 Å². The fourth-order valence-corrected chi connectivity index (χ4v) is 1.14.